The molecular formula is C14H23N3. The van der Waals surface area contributed by atoms with E-state index in [0.29, 0.717) is 0 Å². The van der Waals surface area contributed by atoms with E-state index in [2.05, 4.69) is 17.2 Å². The van der Waals surface area contributed by atoms with Gasteiger partial charge in [0, 0.05) is 18.0 Å². The number of nitrogens with one attached hydrogen (secondary N) is 2. The molecule has 0 amide bonds. The third-order valence-electron chi connectivity index (χ3n) is 4.36. The Morgan fingerprint density at radius 3 is 2.76 bits per heavy atom. The summed E-state index contributed by atoms with van der Waals surface area (Å²) in [5.41, 5.74) is 2.68. The van der Waals surface area contributed by atoms with Crippen molar-refractivity contribution < 1.29 is 0 Å². The summed E-state index contributed by atoms with van der Waals surface area (Å²) in [7, 11) is 0. The topological polar surface area (TPSA) is 40.7 Å². The zero-order chi connectivity index (χ0) is 11.7. The van der Waals surface area contributed by atoms with Gasteiger partial charge in [0.25, 0.3) is 0 Å². The van der Waals surface area contributed by atoms with Gasteiger partial charge in [-0.05, 0) is 45.2 Å². The molecule has 1 aromatic rings. The molecule has 0 spiro atoms. The van der Waals surface area contributed by atoms with Crippen LogP contribution in [-0.2, 0) is 6.42 Å². The first-order chi connectivity index (χ1) is 8.33. The number of aromatic amines is 1. The van der Waals surface area contributed by atoms with E-state index in [1.54, 1.807) is 0 Å². The number of aryl methyl sites for hydroxylation is 1. The summed E-state index contributed by atoms with van der Waals surface area (Å²) in [4.78, 5) is 8.38. The molecule has 1 aliphatic heterocycles. The maximum atomic E-state index is 4.87. The number of H-pyrrole nitrogens is 1. The molecule has 0 aromatic carbocycles. The molecule has 3 rings (SSSR count). The molecule has 1 aliphatic carbocycles. The molecule has 2 aliphatic rings. The first kappa shape index (κ1) is 11.3. The average Bonchev–Trinajstić information content (AvgIpc) is 3.00. The van der Waals surface area contributed by atoms with Crippen molar-refractivity contribution in [1.29, 1.82) is 0 Å². The normalized spacial score (nSPS) is 25.8. The van der Waals surface area contributed by atoms with Gasteiger partial charge in [-0.3, -0.25) is 0 Å². The summed E-state index contributed by atoms with van der Waals surface area (Å²) < 4.78 is 0. The molecule has 1 aromatic heterocycles. The lowest BCUT2D eigenvalue weighted by Gasteiger charge is -2.06. The van der Waals surface area contributed by atoms with E-state index in [-0.39, 0.29) is 0 Å². The maximum absolute atomic E-state index is 4.87. The fourth-order valence-electron chi connectivity index (χ4n) is 3.39. The summed E-state index contributed by atoms with van der Waals surface area (Å²) in [6, 6.07) is 0. The SMILES string of the molecule is Cc1[nH]c(CC2CCNC2)nc1C1CCCC1. The molecule has 2 N–H and O–H groups in total. The number of nitrogens with zero attached hydrogens (tertiary/aromatic N) is 1. The Balaban J connectivity index is 1.70. The van der Waals surface area contributed by atoms with Crippen LogP contribution in [0.15, 0.2) is 0 Å². The Kier molecular flexibility index (Phi) is 3.19. The van der Waals surface area contributed by atoms with E-state index in [4.69, 9.17) is 4.98 Å². The standard InChI is InChI=1S/C14H23N3/c1-10-14(12-4-2-3-5-12)17-13(16-10)8-11-6-7-15-9-11/h11-12,15H,2-9H2,1H3,(H,16,17). The van der Waals surface area contributed by atoms with Gasteiger partial charge in [-0.1, -0.05) is 12.8 Å². The van der Waals surface area contributed by atoms with Gasteiger partial charge in [0.1, 0.15) is 5.82 Å². The minimum Gasteiger partial charge on any atom is -0.346 e. The van der Waals surface area contributed by atoms with Gasteiger partial charge in [-0.25, -0.2) is 4.98 Å². The fourth-order valence-corrected chi connectivity index (χ4v) is 3.39. The monoisotopic (exact) mass is 233 g/mol. The van der Waals surface area contributed by atoms with E-state index >= 15 is 0 Å². The fraction of sp³-hybridized carbons (Fsp3) is 0.786. The van der Waals surface area contributed by atoms with Gasteiger partial charge in [-0.2, -0.15) is 0 Å². The van der Waals surface area contributed by atoms with Gasteiger partial charge in [0.05, 0.1) is 5.69 Å². The van der Waals surface area contributed by atoms with Crippen molar-refractivity contribution in [2.75, 3.05) is 13.1 Å². The Bertz CT molecular complexity index is 371. The maximum Gasteiger partial charge on any atom is 0.106 e. The molecular weight excluding hydrogens is 210 g/mol. The summed E-state index contributed by atoms with van der Waals surface area (Å²) in [6.07, 6.45) is 7.89. The van der Waals surface area contributed by atoms with Crippen molar-refractivity contribution in [3.05, 3.63) is 17.2 Å². The molecule has 17 heavy (non-hydrogen) atoms. The second-order valence-electron chi connectivity index (χ2n) is 5.74. The molecule has 3 heteroatoms. The Morgan fingerprint density at radius 2 is 2.06 bits per heavy atom. The minimum atomic E-state index is 0.738. The van der Waals surface area contributed by atoms with E-state index in [9.17, 15) is 0 Å². The van der Waals surface area contributed by atoms with Crippen molar-refractivity contribution in [2.45, 2.75) is 51.4 Å². The molecule has 1 saturated heterocycles. The molecule has 1 saturated carbocycles. The summed E-state index contributed by atoms with van der Waals surface area (Å²) in [6.45, 7) is 4.54. The van der Waals surface area contributed by atoms with Crippen molar-refractivity contribution >= 4 is 0 Å². The highest BCUT2D eigenvalue weighted by Gasteiger charge is 2.23. The molecule has 2 heterocycles. The highest BCUT2D eigenvalue weighted by Crippen LogP contribution is 2.34. The van der Waals surface area contributed by atoms with Crippen LogP contribution in [0.25, 0.3) is 0 Å². The Labute approximate surface area is 103 Å². The van der Waals surface area contributed by atoms with Crippen molar-refractivity contribution in [2.24, 2.45) is 5.92 Å². The zero-order valence-electron chi connectivity index (χ0n) is 10.8. The lowest BCUT2D eigenvalue weighted by Crippen LogP contribution is -2.11. The summed E-state index contributed by atoms with van der Waals surface area (Å²) in [5, 5.41) is 3.43. The van der Waals surface area contributed by atoms with Crippen LogP contribution in [-0.4, -0.2) is 23.1 Å². The van der Waals surface area contributed by atoms with E-state index in [0.717, 1.165) is 18.3 Å². The average molecular weight is 233 g/mol. The van der Waals surface area contributed by atoms with Gasteiger partial charge >= 0.3 is 0 Å². The van der Waals surface area contributed by atoms with E-state index in [1.807, 2.05) is 0 Å². The lowest BCUT2D eigenvalue weighted by atomic mass is 10.0. The number of aromatic nitrogens is 2. The highest BCUT2D eigenvalue weighted by atomic mass is 15.0. The number of imidazole rings is 1. The molecule has 94 valence electrons. The second kappa shape index (κ2) is 4.81. The van der Waals surface area contributed by atoms with Gasteiger partial charge in [-0.15, -0.1) is 0 Å². The second-order valence-corrected chi connectivity index (χ2v) is 5.74. The van der Waals surface area contributed by atoms with Crippen LogP contribution < -0.4 is 5.32 Å². The van der Waals surface area contributed by atoms with Crippen LogP contribution in [0.1, 0.15) is 55.2 Å². The van der Waals surface area contributed by atoms with Crippen LogP contribution in [0.3, 0.4) is 0 Å². The zero-order valence-corrected chi connectivity index (χ0v) is 10.8. The van der Waals surface area contributed by atoms with Crippen LogP contribution in [0.5, 0.6) is 0 Å². The first-order valence-corrected chi connectivity index (χ1v) is 7.09. The quantitative estimate of drug-likeness (QED) is 0.842. The Morgan fingerprint density at radius 1 is 1.24 bits per heavy atom. The van der Waals surface area contributed by atoms with Crippen LogP contribution in [0.4, 0.5) is 0 Å². The lowest BCUT2D eigenvalue weighted by molar-refractivity contribution is 0.562. The minimum absolute atomic E-state index is 0.738. The van der Waals surface area contributed by atoms with Gasteiger partial charge in [0.15, 0.2) is 0 Å². The number of hydrogen-bond acceptors (Lipinski definition) is 2. The van der Waals surface area contributed by atoms with E-state index < -0.39 is 0 Å². The van der Waals surface area contributed by atoms with Crippen molar-refractivity contribution in [3.8, 4) is 0 Å². The van der Waals surface area contributed by atoms with Crippen LogP contribution in [0.2, 0.25) is 0 Å². The van der Waals surface area contributed by atoms with Crippen LogP contribution in [0, 0.1) is 12.8 Å². The number of rotatable bonds is 3. The molecule has 3 nitrogen and oxygen atoms in total. The van der Waals surface area contributed by atoms with Crippen molar-refractivity contribution in [3.63, 3.8) is 0 Å². The molecule has 1 unspecified atom stereocenters. The van der Waals surface area contributed by atoms with Crippen LogP contribution >= 0.6 is 0 Å². The van der Waals surface area contributed by atoms with E-state index in [1.165, 1.54) is 62.4 Å². The highest BCUT2D eigenvalue weighted by molar-refractivity contribution is 5.19. The van der Waals surface area contributed by atoms with Gasteiger partial charge < -0.3 is 10.3 Å². The molecule has 0 radical (unpaired) electrons. The predicted molar refractivity (Wildman–Crippen MR) is 69.2 cm³/mol. The number of hydrogen-bond donors (Lipinski definition) is 2. The smallest absolute Gasteiger partial charge is 0.106 e. The summed E-state index contributed by atoms with van der Waals surface area (Å²) >= 11 is 0. The summed E-state index contributed by atoms with van der Waals surface area (Å²) in [5.74, 6) is 2.75. The predicted octanol–water partition coefficient (Wildman–Crippen LogP) is 2.53. The van der Waals surface area contributed by atoms with Crippen molar-refractivity contribution in [1.82, 2.24) is 15.3 Å². The third kappa shape index (κ3) is 2.39. The largest absolute Gasteiger partial charge is 0.346 e. The molecule has 1 atom stereocenters. The molecule has 2 fully saturated rings. The van der Waals surface area contributed by atoms with Gasteiger partial charge in [0.2, 0.25) is 0 Å². The Hall–Kier alpha value is -0.830. The third-order valence-corrected chi connectivity index (χ3v) is 4.36. The first-order valence-electron chi connectivity index (χ1n) is 7.09. The molecule has 0 bridgehead atoms.